The first-order chi connectivity index (χ1) is 6.62. The monoisotopic (exact) mass is 198 g/mol. The van der Waals surface area contributed by atoms with Gasteiger partial charge in [0.05, 0.1) is 13.2 Å². The van der Waals surface area contributed by atoms with Crippen molar-refractivity contribution in [2.75, 3.05) is 7.11 Å². The van der Waals surface area contributed by atoms with Crippen molar-refractivity contribution in [3.63, 3.8) is 0 Å². The van der Waals surface area contributed by atoms with Crippen LogP contribution in [0.2, 0.25) is 0 Å². The molecule has 1 unspecified atom stereocenters. The third-order valence-electron chi connectivity index (χ3n) is 1.51. The van der Waals surface area contributed by atoms with Crippen LogP contribution in [0.5, 0.6) is 0 Å². The van der Waals surface area contributed by atoms with Crippen molar-refractivity contribution in [3.8, 4) is 0 Å². The van der Waals surface area contributed by atoms with E-state index in [-0.39, 0.29) is 6.10 Å². The standard InChI is InChI=1S/C8H12O.C4H10O/c1-4-6-7-8(5-2)9-3;1-3-4(2)5/h4-7H,1H2,2-3H3;4-5H,3H2,1-2H3/b7-6-,8-5+;. The molecule has 0 heterocycles. The maximum atomic E-state index is 8.36. The van der Waals surface area contributed by atoms with Crippen LogP contribution in [0.3, 0.4) is 0 Å². The minimum absolute atomic E-state index is 0.116. The highest BCUT2D eigenvalue weighted by Gasteiger charge is 1.81. The van der Waals surface area contributed by atoms with E-state index in [9.17, 15) is 0 Å². The Morgan fingerprint density at radius 1 is 1.57 bits per heavy atom. The van der Waals surface area contributed by atoms with Crippen LogP contribution in [0.25, 0.3) is 0 Å². The molecule has 2 heteroatoms. The van der Waals surface area contributed by atoms with Crippen molar-refractivity contribution < 1.29 is 9.84 Å². The number of aliphatic hydroxyl groups excluding tert-OH is 1. The Kier molecular flexibility index (Phi) is 13.2. The molecule has 2 nitrogen and oxygen atoms in total. The van der Waals surface area contributed by atoms with Crippen molar-refractivity contribution in [1.29, 1.82) is 0 Å². The molecular weight excluding hydrogens is 176 g/mol. The molecule has 0 aliphatic carbocycles. The first-order valence-electron chi connectivity index (χ1n) is 4.79. The number of hydrogen-bond acceptors (Lipinski definition) is 2. The third-order valence-corrected chi connectivity index (χ3v) is 1.51. The summed E-state index contributed by atoms with van der Waals surface area (Å²) >= 11 is 0. The molecule has 0 saturated carbocycles. The van der Waals surface area contributed by atoms with E-state index >= 15 is 0 Å². The van der Waals surface area contributed by atoms with Gasteiger partial charge in [-0.25, -0.2) is 0 Å². The lowest BCUT2D eigenvalue weighted by atomic mass is 10.3. The average molecular weight is 198 g/mol. The molecule has 0 spiro atoms. The highest BCUT2D eigenvalue weighted by molar-refractivity contribution is 5.14. The zero-order valence-electron chi connectivity index (χ0n) is 9.66. The van der Waals surface area contributed by atoms with Crippen LogP contribution in [0, 0.1) is 0 Å². The number of ether oxygens (including phenoxy) is 1. The molecule has 0 rings (SSSR count). The van der Waals surface area contributed by atoms with Crippen LogP contribution in [0.4, 0.5) is 0 Å². The summed E-state index contributed by atoms with van der Waals surface area (Å²) in [5, 5.41) is 8.36. The van der Waals surface area contributed by atoms with E-state index in [1.807, 2.05) is 32.1 Å². The van der Waals surface area contributed by atoms with Gasteiger partial charge in [-0.2, -0.15) is 0 Å². The summed E-state index contributed by atoms with van der Waals surface area (Å²) < 4.78 is 4.93. The van der Waals surface area contributed by atoms with Gasteiger partial charge in [-0.05, 0) is 32.4 Å². The number of hydrogen-bond donors (Lipinski definition) is 1. The van der Waals surface area contributed by atoms with Crippen LogP contribution in [0.1, 0.15) is 27.2 Å². The molecule has 1 N–H and O–H groups in total. The number of rotatable bonds is 4. The van der Waals surface area contributed by atoms with Crippen molar-refractivity contribution in [2.45, 2.75) is 33.3 Å². The number of methoxy groups -OCH3 is 1. The maximum Gasteiger partial charge on any atom is 0.114 e. The average Bonchev–Trinajstić information content (AvgIpc) is 2.20. The molecule has 0 aromatic heterocycles. The molecule has 0 amide bonds. The molecule has 1 atom stereocenters. The Balaban J connectivity index is 0. The van der Waals surface area contributed by atoms with E-state index in [0.29, 0.717) is 0 Å². The van der Waals surface area contributed by atoms with Crippen molar-refractivity contribution in [3.05, 3.63) is 36.6 Å². The Bertz CT molecular complexity index is 179. The smallest absolute Gasteiger partial charge is 0.114 e. The lowest BCUT2D eigenvalue weighted by Gasteiger charge is -1.95. The van der Waals surface area contributed by atoms with Gasteiger partial charge in [-0.15, -0.1) is 0 Å². The Morgan fingerprint density at radius 2 is 2.07 bits per heavy atom. The van der Waals surface area contributed by atoms with Gasteiger partial charge in [0, 0.05) is 0 Å². The molecule has 0 fully saturated rings. The highest BCUT2D eigenvalue weighted by atomic mass is 16.5. The summed E-state index contributed by atoms with van der Waals surface area (Å²) in [5.41, 5.74) is 0. The highest BCUT2D eigenvalue weighted by Crippen LogP contribution is 1.95. The summed E-state index contributed by atoms with van der Waals surface area (Å²) in [7, 11) is 1.64. The van der Waals surface area contributed by atoms with Gasteiger partial charge in [-0.1, -0.05) is 25.7 Å². The van der Waals surface area contributed by atoms with Gasteiger partial charge in [0.1, 0.15) is 5.76 Å². The zero-order valence-corrected chi connectivity index (χ0v) is 9.66. The Morgan fingerprint density at radius 3 is 2.29 bits per heavy atom. The minimum Gasteiger partial charge on any atom is -0.497 e. The fourth-order valence-electron chi connectivity index (χ4n) is 0.445. The molecule has 82 valence electrons. The van der Waals surface area contributed by atoms with Gasteiger partial charge in [-0.3, -0.25) is 0 Å². The molecule has 14 heavy (non-hydrogen) atoms. The van der Waals surface area contributed by atoms with E-state index in [0.717, 1.165) is 12.2 Å². The van der Waals surface area contributed by atoms with E-state index in [1.165, 1.54) is 0 Å². The summed E-state index contributed by atoms with van der Waals surface area (Å²) in [6, 6.07) is 0. The molecule has 0 aromatic carbocycles. The Hall–Kier alpha value is -1.02. The van der Waals surface area contributed by atoms with Crippen LogP contribution in [0.15, 0.2) is 36.6 Å². The van der Waals surface area contributed by atoms with Crippen LogP contribution in [-0.4, -0.2) is 18.3 Å². The molecule has 0 bridgehead atoms. The first-order valence-corrected chi connectivity index (χ1v) is 4.79. The van der Waals surface area contributed by atoms with Crippen LogP contribution >= 0.6 is 0 Å². The molecule has 0 aliphatic rings. The van der Waals surface area contributed by atoms with E-state index in [4.69, 9.17) is 9.84 Å². The second-order valence-corrected chi connectivity index (χ2v) is 2.75. The molecular formula is C12H22O2. The second kappa shape index (κ2) is 12.0. The van der Waals surface area contributed by atoms with Gasteiger partial charge < -0.3 is 9.84 Å². The predicted octanol–water partition coefficient (Wildman–Crippen LogP) is 3.06. The summed E-state index contributed by atoms with van der Waals surface area (Å²) in [5.74, 6) is 0.856. The van der Waals surface area contributed by atoms with Crippen molar-refractivity contribution >= 4 is 0 Å². The molecule has 0 aliphatic heterocycles. The second-order valence-electron chi connectivity index (χ2n) is 2.75. The SMILES string of the molecule is C=C/C=C\C(=C/C)OC.CCC(C)O. The van der Waals surface area contributed by atoms with E-state index < -0.39 is 0 Å². The summed E-state index contributed by atoms with van der Waals surface area (Å²) in [6.45, 7) is 9.18. The summed E-state index contributed by atoms with van der Waals surface area (Å²) in [6.07, 6.45) is 8.03. The topological polar surface area (TPSA) is 29.5 Å². The predicted molar refractivity (Wildman–Crippen MR) is 62.1 cm³/mol. The fourth-order valence-corrected chi connectivity index (χ4v) is 0.445. The molecule has 0 radical (unpaired) electrons. The lowest BCUT2D eigenvalue weighted by molar-refractivity contribution is 0.191. The van der Waals surface area contributed by atoms with Gasteiger partial charge in [0.15, 0.2) is 0 Å². The van der Waals surface area contributed by atoms with Gasteiger partial charge in [0.2, 0.25) is 0 Å². The largest absolute Gasteiger partial charge is 0.497 e. The quantitative estimate of drug-likeness (QED) is 0.555. The van der Waals surface area contributed by atoms with Gasteiger partial charge >= 0.3 is 0 Å². The molecule has 0 saturated heterocycles. The molecule has 0 aromatic rings. The zero-order chi connectivity index (χ0) is 11.4. The number of aliphatic hydroxyl groups is 1. The van der Waals surface area contributed by atoms with Crippen molar-refractivity contribution in [2.24, 2.45) is 0 Å². The minimum atomic E-state index is -0.116. The lowest BCUT2D eigenvalue weighted by Crippen LogP contribution is -1.93. The first kappa shape index (κ1) is 15.5. The van der Waals surface area contributed by atoms with Crippen molar-refractivity contribution in [1.82, 2.24) is 0 Å². The third kappa shape index (κ3) is 13.6. The normalized spacial score (nSPS) is 13.1. The number of allylic oxidation sites excluding steroid dienone is 4. The van der Waals surface area contributed by atoms with E-state index in [2.05, 4.69) is 6.58 Å². The summed E-state index contributed by atoms with van der Waals surface area (Å²) in [4.78, 5) is 0. The van der Waals surface area contributed by atoms with Gasteiger partial charge in [0.25, 0.3) is 0 Å². The fraction of sp³-hybridized carbons (Fsp3) is 0.500. The van der Waals surface area contributed by atoms with Crippen LogP contribution < -0.4 is 0 Å². The van der Waals surface area contributed by atoms with Crippen LogP contribution in [-0.2, 0) is 4.74 Å². The Labute approximate surface area is 87.6 Å². The van der Waals surface area contributed by atoms with E-state index in [1.54, 1.807) is 20.1 Å². The maximum absolute atomic E-state index is 8.36.